The lowest BCUT2D eigenvalue weighted by Gasteiger charge is -2.21. The van der Waals surface area contributed by atoms with Crippen LogP contribution >= 0.6 is 0 Å². The van der Waals surface area contributed by atoms with Crippen molar-refractivity contribution in [2.24, 2.45) is 0 Å². The molecule has 0 spiro atoms. The lowest BCUT2D eigenvalue weighted by atomic mass is 10.2. The van der Waals surface area contributed by atoms with Gasteiger partial charge in [-0.25, -0.2) is 4.79 Å². The van der Waals surface area contributed by atoms with Crippen molar-refractivity contribution < 1.29 is 14.7 Å². The second kappa shape index (κ2) is 5.98. The Bertz CT molecular complexity index is 392. The van der Waals surface area contributed by atoms with E-state index >= 15 is 0 Å². The lowest BCUT2D eigenvalue weighted by molar-refractivity contribution is -0.148. The van der Waals surface area contributed by atoms with Crippen LogP contribution in [0.2, 0.25) is 0 Å². The fourth-order valence-corrected chi connectivity index (χ4v) is 1.34. The molecule has 0 saturated carbocycles. The molecule has 1 N–H and O–H groups in total. The Hall–Kier alpha value is -1.91. The van der Waals surface area contributed by atoms with E-state index < -0.39 is 12.0 Å². The monoisotopic (exact) mass is 236 g/mol. The highest BCUT2D eigenvalue weighted by Gasteiger charge is 2.21. The Labute approximate surface area is 100 Å². The molecule has 5 nitrogen and oxygen atoms in total. The molecule has 0 fully saturated rings. The van der Waals surface area contributed by atoms with Gasteiger partial charge in [-0.2, -0.15) is 0 Å². The number of likely N-dealkylation sites (N-methyl/N-ethyl adjacent to an activating group) is 1. The summed E-state index contributed by atoms with van der Waals surface area (Å²) in [6, 6.07) is 4.71. The molecule has 0 aliphatic rings. The van der Waals surface area contributed by atoms with Crippen molar-refractivity contribution in [3.8, 4) is 0 Å². The van der Waals surface area contributed by atoms with Crippen molar-refractivity contribution in [1.82, 2.24) is 9.88 Å². The van der Waals surface area contributed by atoms with Crippen molar-refractivity contribution in [3.05, 3.63) is 30.1 Å². The molecule has 0 aliphatic carbocycles. The highest BCUT2D eigenvalue weighted by molar-refractivity contribution is 5.83. The Balaban J connectivity index is 2.47. The van der Waals surface area contributed by atoms with E-state index in [-0.39, 0.29) is 12.3 Å². The topological polar surface area (TPSA) is 70.5 Å². The average molecular weight is 236 g/mol. The largest absolute Gasteiger partial charge is 0.480 e. The quantitative estimate of drug-likeness (QED) is 0.826. The highest BCUT2D eigenvalue weighted by atomic mass is 16.4. The molecule has 17 heavy (non-hydrogen) atoms. The van der Waals surface area contributed by atoms with E-state index in [1.54, 1.807) is 6.20 Å². The van der Waals surface area contributed by atoms with Gasteiger partial charge in [0, 0.05) is 25.4 Å². The summed E-state index contributed by atoms with van der Waals surface area (Å²) < 4.78 is 0. The van der Waals surface area contributed by atoms with Crippen molar-refractivity contribution in [1.29, 1.82) is 0 Å². The summed E-state index contributed by atoms with van der Waals surface area (Å²) in [5.41, 5.74) is 0.831. The fourth-order valence-electron chi connectivity index (χ4n) is 1.34. The summed E-state index contributed by atoms with van der Waals surface area (Å²) >= 11 is 0. The first kappa shape index (κ1) is 13.2. The number of amides is 1. The predicted octanol–water partition coefficient (Wildman–Crippen LogP) is 0.946. The molecule has 1 aromatic rings. The van der Waals surface area contributed by atoms with Gasteiger partial charge in [0.1, 0.15) is 6.04 Å². The molecular weight excluding hydrogens is 220 g/mol. The molecule has 1 aromatic heterocycles. The number of carboxylic acid groups (broad SMARTS) is 1. The van der Waals surface area contributed by atoms with Gasteiger partial charge in [-0.3, -0.25) is 9.78 Å². The SMILES string of the molecule is CC(C(=O)O)N(C)C(=O)CCc1ccccn1. The first-order chi connectivity index (χ1) is 8.02. The van der Waals surface area contributed by atoms with E-state index in [1.165, 1.54) is 18.9 Å². The number of carboxylic acids is 1. The maximum atomic E-state index is 11.7. The maximum absolute atomic E-state index is 11.7. The number of nitrogens with zero attached hydrogens (tertiary/aromatic N) is 2. The average Bonchev–Trinajstić information content (AvgIpc) is 2.35. The van der Waals surface area contributed by atoms with E-state index in [0.717, 1.165) is 5.69 Å². The zero-order valence-electron chi connectivity index (χ0n) is 9.96. The third-order valence-corrected chi connectivity index (χ3v) is 2.65. The number of aliphatic carboxylic acids is 1. The molecular formula is C12H16N2O3. The van der Waals surface area contributed by atoms with Crippen LogP contribution in [-0.4, -0.2) is 40.0 Å². The third kappa shape index (κ3) is 3.86. The summed E-state index contributed by atoms with van der Waals surface area (Å²) in [7, 11) is 1.50. The summed E-state index contributed by atoms with van der Waals surface area (Å²) in [4.78, 5) is 27.8. The van der Waals surface area contributed by atoms with Crippen LogP contribution in [0.3, 0.4) is 0 Å². The van der Waals surface area contributed by atoms with Gasteiger partial charge in [-0.15, -0.1) is 0 Å². The Morgan fingerprint density at radius 2 is 2.18 bits per heavy atom. The van der Waals surface area contributed by atoms with Crippen molar-refractivity contribution in [3.63, 3.8) is 0 Å². The van der Waals surface area contributed by atoms with Gasteiger partial charge in [0.25, 0.3) is 0 Å². The van der Waals surface area contributed by atoms with Crippen LogP contribution in [0.5, 0.6) is 0 Å². The summed E-state index contributed by atoms with van der Waals surface area (Å²) in [5, 5.41) is 8.78. The van der Waals surface area contributed by atoms with Crippen LogP contribution in [-0.2, 0) is 16.0 Å². The molecule has 0 aliphatic heterocycles. The van der Waals surface area contributed by atoms with E-state index in [1.807, 2.05) is 18.2 Å². The van der Waals surface area contributed by atoms with Gasteiger partial charge < -0.3 is 10.0 Å². The minimum absolute atomic E-state index is 0.189. The van der Waals surface area contributed by atoms with Crippen LogP contribution in [0.1, 0.15) is 19.0 Å². The predicted molar refractivity (Wildman–Crippen MR) is 62.4 cm³/mol. The van der Waals surface area contributed by atoms with E-state index in [9.17, 15) is 9.59 Å². The minimum Gasteiger partial charge on any atom is -0.480 e. The maximum Gasteiger partial charge on any atom is 0.326 e. The Morgan fingerprint density at radius 1 is 1.47 bits per heavy atom. The molecule has 1 unspecified atom stereocenters. The van der Waals surface area contributed by atoms with Crippen LogP contribution in [0.15, 0.2) is 24.4 Å². The summed E-state index contributed by atoms with van der Waals surface area (Å²) in [5.74, 6) is -1.19. The van der Waals surface area contributed by atoms with E-state index in [2.05, 4.69) is 4.98 Å². The van der Waals surface area contributed by atoms with Crippen LogP contribution in [0, 0.1) is 0 Å². The van der Waals surface area contributed by atoms with Crippen molar-refractivity contribution in [2.75, 3.05) is 7.05 Å². The van der Waals surface area contributed by atoms with Gasteiger partial charge in [0.2, 0.25) is 5.91 Å². The Morgan fingerprint density at radius 3 is 2.71 bits per heavy atom. The van der Waals surface area contributed by atoms with Gasteiger partial charge in [0.15, 0.2) is 0 Å². The number of hydrogen-bond donors (Lipinski definition) is 1. The van der Waals surface area contributed by atoms with Gasteiger partial charge in [0.05, 0.1) is 0 Å². The van der Waals surface area contributed by atoms with Crippen LogP contribution in [0.4, 0.5) is 0 Å². The normalized spacial score (nSPS) is 11.9. The molecule has 1 amide bonds. The number of hydrogen-bond acceptors (Lipinski definition) is 3. The molecule has 0 saturated heterocycles. The van der Waals surface area contributed by atoms with Crippen molar-refractivity contribution in [2.45, 2.75) is 25.8 Å². The number of aromatic nitrogens is 1. The number of carbonyl (C=O) groups is 2. The molecule has 0 aromatic carbocycles. The van der Waals surface area contributed by atoms with Crippen LogP contribution in [0.25, 0.3) is 0 Å². The molecule has 92 valence electrons. The highest BCUT2D eigenvalue weighted by Crippen LogP contribution is 2.04. The smallest absolute Gasteiger partial charge is 0.326 e. The zero-order valence-corrected chi connectivity index (χ0v) is 9.96. The summed E-state index contributed by atoms with van der Waals surface area (Å²) in [6.07, 6.45) is 2.46. The Kier molecular flexibility index (Phi) is 4.63. The molecule has 5 heteroatoms. The number of pyridine rings is 1. The first-order valence-electron chi connectivity index (χ1n) is 5.40. The van der Waals surface area contributed by atoms with E-state index in [4.69, 9.17) is 5.11 Å². The fraction of sp³-hybridized carbons (Fsp3) is 0.417. The molecule has 1 rings (SSSR count). The zero-order chi connectivity index (χ0) is 12.8. The molecule has 1 heterocycles. The number of aryl methyl sites for hydroxylation is 1. The summed E-state index contributed by atoms with van der Waals surface area (Å²) in [6.45, 7) is 1.49. The number of carbonyl (C=O) groups excluding carboxylic acids is 1. The third-order valence-electron chi connectivity index (χ3n) is 2.65. The number of rotatable bonds is 5. The first-order valence-corrected chi connectivity index (χ1v) is 5.40. The molecule has 0 bridgehead atoms. The van der Waals surface area contributed by atoms with Crippen LogP contribution < -0.4 is 0 Å². The van der Waals surface area contributed by atoms with E-state index in [0.29, 0.717) is 6.42 Å². The standard InChI is InChI=1S/C12H16N2O3/c1-9(12(16)17)14(2)11(15)7-6-10-5-3-4-8-13-10/h3-5,8-9H,6-7H2,1-2H3,(H,16,17). The molecule has 1 atom stereocenters. The molecule has 0 radical (unpaired) electrons. The minimum atomic E-state index is -1.00. The second-order valence-electron chi connectivity index (χ2n) is 3.84. The lowest BCUT2D eigenvalue weighted by Crippen LogP contribution is -2.40. The van der Waals surface area contributed by atoms with Gasteiger partial charge >= 0.3 is 5.97 Å². The van der Waals surface area contributed by atoms with Gasteiger partial charge in [-0.1, -0.05) is 6.07 Å². The van der Waals surface area contributed by atoms with Crippen molar-refractivity contribution >= 4 is 11.9 Å². The second-order valence-corrected chi connectivity index (χ2v) is 3.84. The van der Waals surface area contributed by atoms with Gasteiger partial charge in [-0.05, 0) is 25.5 Å².